The lowest BCUT2D eigenvalue weighted by Gasteiger charge is -2.37. The number of nitrogens with zero attached hydrogens (tertiary/aromatic N) is 4. The molecule has 2 aliphatic rings. The number of hydrogen-bond donors (Lipinski definition) is 1. The maximum absolute atomic E-state index is 12.6. The summed E-state index contributed by atoms with van der Waals surface area (Å²) in [6.07, 6.45) is 4.74. The van der Waals surface area contributed by atoms with Crippen LogP contribution in [0.4, 0.5) is 0 Å². The van der Waals surface area contributed by atoms with E-state index in [4.69, 9.17) is 10.3 Å². The van der Waals surface area contributed by atoms with Gasteiger partial charge in [0.1, 0.15) is 0 Å². The summed E-state index contributed by atoms with van der Waals surface area (Å²) in [5.41, 5.74) is 6.01. The molecule has 1 aliphatic carbocycles. The van der Waals surface area contributed by atoms with E-state index in [1.807, 2.05) is 11.8 Å². The summed E-state index contributed by atoms with van der Waals surface area (Å²) in [5.74, 6) is 1.85. The van der Waals surface area contributed by atoms with Gasteiger partial charge in [-0.3, -0.25) is 9.69 Å². The highest BCUT2D eigenvalue weighted by Crippen LogP contribution is 2.25. The van der Waals surface area contributed by atoms with Crippen molar-refractivity contribution >= 4 is 5.91 Å². The molecule has 0 aromatic carbocycles. The van der Waals surface area contributed by atoms with Crippen molar-refractivity contribution in [3.05, 3.63) is 11.7 Å². The second-order valence-corrected chi connectivity index (χ2v) is 6.68. The highest BCUT2D eigenvalue weighted by Gasteiger charge is 2.30. The first-order valence-corrected chi connectivity index (χ1v) is 8.74. The third kappa shape index (κ3) is 4.09. The van der Waals surface area contributed by atoms with Crippen molar-refractivity contribution in [3.63, 3.8) is 0 Å². The van der Waals surface area contributed by atoms with Gasteiger partial charge < -0.3 is 15.2 Å². The van der Waals surface area contributed by atoms with Crippen LogP contribution in [0.25, 0.3) is 0 Å². The SMILES string of the molecule is CCc1nc(CN2CCN(C(=O)C3CCCC(N)C3)CC2)no1. The molecule has 128 valence electrons. The largest absolute Gasteiger partial charge is 0.340 e. The van der Waals surface area contributed by atoms with Crippen molar-refractivity contribution < 1.29 is 9.32 Å². The molecule has 1 aromatic rings. The number of hydrogen-bond acceptors (Lipinski definition) is 6. The number of carbonyl (C=O) groups excluding carboxylic acids is 1. The van der Waals surface area contributed by atoms with E-state index < -0.39 is 0 Å². The topological polar surface area (TPSA) is 88.5 Å². The molecule has 23 heavy (non-hydrogen) atoms. The van der Waals surface area contributed by atoms with Crippen molar-refractivity contribution in [3.8, 4) is 0 Å². The number of aryl methyl sites for hydroxylation is 1. The molecule has 3 rings (SSSR count). The molecule has 2 heterocycles. The van der Waals surface area contributed by atoms with Gasteiger partial charge in [-0.25, -0.2) is 0 Å². The molecule has 0 radical (unpaired) electrons. The number of piperazine rings is 1. The molecule has 1 aromatic heterocycles. The van der Waals surface area contributed by atoms with Gasteiger partial charge in [0, 0.05) is 44.6 Å². The quantitative estimate of drug-likeness (QED) is 0.882. The summed E-state index contributed by atoms with van der Waals surface area (Å²) in [4.78, 5) is 21.2. The lowest BCUT2D eigenvalue weighted by Crippen LogP contribution is -2.51. The van der Waals surface area contributed by atoms with Gasteiger partial charge in [0.25, 0.3) is 0 Å². The molecule has 2 fully saturated rings. The molecule has 1 aliphatic heterocycles. The average Bonchev–Trinajstić information content (AvgIpc) is 3.02. The highest BCUT2D eigenvalue weighted by molar-refractivity contribution is 5.79. The summed E-state index contributed by atoms with van der Waals surface area (Å²) < 4.78 is 5.14. The van der Waals surface area contributed by atoms with Crippen LogP contribution in [0.5, 0.6) is 0 Å². The van der Waals surface area contributed by atoms with Gasteiger partial charge >= 0.3 is 0 Å². The van der Waals surface area contributed by atoms with Crippen molar-refractivity contribution in [1.82, 2.24) is 19.9 Å². The van der Waals surface area contributed by atoms with Crippen LogP contribution in [0.2, 0.25) is 0 Å². The predicted octanol–water partition coefficient (Wildman–Crippen LogP) is 0.794. The Hall–Kier alpha value is -1.47. The molecule has 1 amide bonds. The van der Waals surface area contributed by atoms with E-state index in [0.717, 1.165) is 64.1 Å². The van der Waals surface area contributed by atoms with Gasteiger partial charge in [0.05, 0.1) is 6.54 Å². The summed E-state index contributed by atoms with van der Waals surface area (Å²) in [6, 6.07) is 0.199. The molecule has 1 saturated carbocycles. The molecule has 0 spiro atoms. The second-order valence-electron chi connectivity index (χ2n) is 6.68. The van der Waals surface area contributed by atoms with Crippen molar-refractivity contribution in [2.75, 3.05) is 26.2 Å². The second kappa shape index (κ2) is 7.40. The summed E-state index contributed by atoms with van der Waals surface area (Å²) in [7, 11) is 0. The van der Waals surface area contributed by atoms with E-state index >= 15 is 0 Å². The fourth-order valence-electron chi connectivity index (χ4n) is 3.53. The van der Waals surface area contributed by atoms with E-state index in [1.54, 1.807) is 0 Å². The number of nitrogens with two attached hydrogens (primary N) is 1. The molecule has 2 N–H and O–H groups in total. The average molecular weight is 321 g/mol. The molecule has 2 unspecified atom stereocenters. The monoisotopic (exact) mass is 321 g/mol. The zero-order chi connectivity index (χ0) is 16.2. The minimum absolute atomic E-state index is 0.134. The van der Waals surface area contributed by atoms with Crippen LogP contribution in [-0.2, 0) is 17.8 Å². The van der Waals surface area contributed by atoms with Gasteiger partial charge in [-0.15, -0.1) is 0 Å². The minimum atomic E-state index is 0.134. The first kappa shape index (κ1) is 16.4. The molecular formula is C16H27N5O2. The number of carbonyl (C=O) groups is 1. The zero-order valence-electron chi connectivity index (χ0n) is 13.9. The molecule has 2 atom stereocenters. The van der Waals surface area contributed by atoms with Crippen molar-refractivity contribution in [1.29, 1.82) is 0 Å². The number of rotatable bonds is 4. The smallest absolute Gasteiger partial charge is 0.226 e. The third-order valence-electron chi connectivity index (χ3n) is 4.93. The molecule has 7 nitrogen and oxygen atoms in total. The Morgan fingerprint density at radius 1 is 1.30 bits per heavy atom. The Morgan fingerprint density at radius 2 is 2.09 bits per heavy atom. The van der Waals surface area contributed by atoms with Crippen LogP contribution < -0.4 is 5.73 Å². The maximum Gasteiger partial charge on any atom is 0.226 e. The van der Waals surface area contributed by atoms with Crippen LogP contribution in [-0.4, -0.2) is 58.1 Å². The van der Waals surface area contributed by atoms with Crippen molar-refractivity contribution in [2.24, 2.45) is 11.7 Å². The normalized spacial score (nSPS) is 26.4. The Labute approximate surface area is 137 Å². The van der Waals surface area contributed by atoms with Crippen molar-refractivity contribution in [2.45, 2.75) is 51.6 Å². The number of aromatic nitrogens is 2. The van der Waals surface area contributed by atoms with Crippen LogP contribution in [0.1, 0.15) is 44.3 Å². The summed E-state index contributed by atoms with van der Waals surface area (Å²) in [6.45, 7) is 5.98. The van der Waals surface area contributed by atoms with E-state index in [-0.39, 0.29) is 12.0 Å². The molecular weight excluding hydrogens is 294 g/mol. The third-order valence-corrected chi connectivity index (χ3v) is 4.93. The van der Waals surface area contributed by atoms with Gasteiger partial charge in [-0.2, -0.15) is 4.98 Å². The standard InChI is InChI=1S/C16H27N5O2/c1-2-15-18-14(19-23-15)11-20-6-8-21(9-7-20)16(22)12-4-3-5-13(17)10-12/h12-13H,2-11,17H2,1H3. The van der Waals surface area contributed by atoms with Gasteiger partial charge in [-0.05, 0) is 19.3 Å². The summed E-state index contributed by atoms with van der Waals surface area (Å²) >= 11 is 0. The minimum Gasteiger partial charge on any atom is -0.340 e. The Bertz CT molecular complexity index is 524. The van der Waals surface area contributed by atoms with E-state index in [1.165, 1.54) is 0 Å². The van der Waals surface area contributed by atoms with Crippen LogP contribution in [0.15, 0.2) is 4.52 Å². The van der Waals surface area contributed by atoms with Gasteiger partial charge in [0.2, 0.25) is 11.8 Å². The molecule has 0 bridgehead atoms. The van der Waals surface area contributed by atoms with E-state index in [0.29, 0.717) is 18.3 Å². The molecule has 7 heteroatoms. The lowest BCUT2D eigenvalue weighted by molar-refractivity contribution is -0.138. The van der Waals surface area contributed by atoms with E-state index in [2.05, 4.69) is 15.0 Å². The Morgan fingerprint density at radius 3 is 2.74 bits per heavy atom. The number of amides is 1. The lowest BCUT2D eigenvalue weighted by atomic mass is 9.85. The van der Waals surface area contributed by atoms with Gasteiger partial charge in [-0.1, -0.05) is 18.5 Å². The summed E-state index contributed by atoms with van der Waals surface area (Å²) in [5, 5.41) is 3.99. The first-order valence-electron chi connectivity index (χ1n) is 8.74. The van der Waals surface area contributed by atoms with Crippen LogP contribution in [0.3, 0.4) is 0 Å². The van der Waals surface area contributed by atoms with Gasteiger partial charge in [0.15, 0.2) is 5.82 Å². The predicted molar refractivity (Wildman–Crippen MR) is 85.5 cm³/mol. The molecule has 1 saturated heterocycles. The fraction of sp³-hybridized carbons (Fsp3) is 0.812. The zero-order valence-corrected chi connectivity index (χ0v) is 13.9. The van der Waals surface area contributed by atoms with Crippen LogP contribution >= 0.6 is 0 Å². The first-order chi connectivity index (χ1) is 11.2. The highest BCUT2D eigenvalue weighted by atomic mass is 16.5. The van der Waals surface area contributed by atoms with Crippen LogP contribution in [0, 0.1) is 5.92 Å². The fourth-order valence-corrected chi connectivity index (χ4v) is 3.53. The maximum atomic E-state index is 12.6. The Balaban J connectivity index is 1.47. The Kier molecular flexibility index (Phi) is 5.27. The van der Waals surface area contributed by atoms with E-state index in [9.17, 15) is 4.79 Å².